The molecular weight excluding hydrogens is 278 g/mol. The maximum atomic E-state index is 6.24. The van der Waals surface area contributed by atoms with Gasteiger partial charge in [0.15, 0.2) is 5.16 Å². The number of H-pyrrole nitrogens is 1. The first-order valence-corrected chi connectivity index (χ1v) is 7.07. The van der Waals surface area contributed by atoms with E-state index in [1.807, 2.05) is 42.5 Å². The second-order valence-corrected chi connectivity index (χ2v) is 5.57. The summed E-state index contributed by atoms with van der Waals surface area (Å²) < 4.78 is 0. The molecule has 0 atom stereocenters. The molecule has 0 aliphatic rings. The zero-order valence-corrected chi connectivity index (χ0v) is 11.6. The van der Waals surface area contributed by atoms with Crippen LogP contribution in [-0.4, -0.2) is 9.97 Å². The maximum absolute atomic E-state index is 6.24. The predicted molar refractivity (Wildman–Crippen MR) is 79.6 cm³/mol. The van der Waals surface area contributed by atoms with Gasteiger partial charge in [0.05, 0.1) is 16.1 Å². The molecule has 0 spiro atoms. The van der Waals surface area contributed by atoms with Crippen LogP contribution < -0.4 is 5.73 Å². The number of rotatable bonds is 3. The lowest BCUT2D eigenvalue weighted by Gasteiger charge is -2.03. The van der Waals surface area contributed by atoms with Crippen LogP contribution in [0.5, 0.6) is 0 Å². The molecule has 1 heterocycles. The Kier molecular flexibility index (Phi) is 3.46. The second kappa shape index (κ2) is 5.25. The number of aromatic amines is 1. The summed E-state index contributed by atoms with van der Waals surface area (Å²) in [6.07, 6.45) is 0. The highest BCUT2D eigenvalue weighted by atomic mass is 35.5. The second-order valence-electron chi connectivity index (χ2n) is 4.13. The molecule has 0 radical (unpaired) electrons. The van der Waals surface area contributed by atoms with E-state index < -0.39 is 0 Å². The van der Waals surface area contributed by atoms with E-state index in [-0.39, 0.29) is 0 Å². The molecule has 3 nitrogen and oxygen atoms in total. The molecule has 96 valence electrons. The fourth-order valence-electron chi connectivity index (χ4n) is 1.84. The molecule has 2 aromatic carbocycles. The number of hydrogen-bond donors (Lipinski definition) is 2. The Labute approximate surface area is 120 Å². The Hall–Kier alpha value is -1.49. The van der Waals surface area contributed by atoms with Crippen molar-refractivity contribution in [2.24, 2.45) is 5.73 Å². The Balaban J connectivity index is 1.92. The molecule has 0 aliphatic heterocycles. The summed E-state index contributed by atoms with van der Waals surface area (Å²) in [6, 6.07) is 13.8. The minimum atomic E-state index is 0.495. The monoisotopic (exact) mass is 289 g/mol. The smallest absolute Gasteiger partial charge is 0.171 e. The molecule has 0 aliphatic carbocycles. The van der Waals surface area contributed by atoms with Crippen LogP contribution in [0.15, 0.2) is 52.5 Å². The molecule has 0 saturated heterocycles. The SMILES string of the molecule is NCc1ccc(Sc2nc3ccccc3[nH]2)c(Cl)c1. The third kappa shape index (κ3) is 2.61. The normalized spacial score (nSPS) is 11.1. The van der Waals surface area contributed by atoms with Gasteiger partial charge in [-0.05, 0) is 29.8 Å². The molecular formula is C14H12ClN3S. The summed E-state index contributed by atoms with van der Waals surface area (Å²) in [4.78, 5) is 8.75. The largest absolute Gasteiger partial charge is 0.333 e. The van der Waals surface area contributed by atoms with E-state index >= 15 is 0 Å². The van der Waals surface area contributed by atoms with Gasteiger partial charge in [-0.25, -0.2) is 4.98 Å². The molecule has 0 bridgehead atoms. The van der Waals surface area contributed by atoms with E-state index in [0.29, 0.717) is 11.6 Å². The number of imidazole rings is 1. The van der Waals surface area contributed by atoms with Crippen molar-refractivity contribution in [2.75, 3.05) is 0 Å². The van der Waals surface area contributed by atoms with E-state index in [4.69, 9.17) is 17.3 Å². The number of aromatic nitrogens is 2. The number of para-hydroxylation sites is 2. The number of nitrogens with one attached hydrogen (secondary N) is 1. The first kappa shape index (κ1) is 12.5. The maximum Gasteiger partial charge on any atom is 0.171 e. The van der Waals surface area contributed by atoms with Gasteiger partial charge in [0.1, 0.15) is 0 Å². The van der Waals surface area contributed by atoms with Crippen LogP contribution in [0.4, 0.5) is 0 Å². The Bertz CT molecular complexity index is 691. The number of nitrogens with zero attached hydrogens (tertiary/aromatic N) is 1. The minimum absolute atomic E-state index is 0.495. The topological polar surface area (TPSA) is 54.7 Å². The van der Waals surface area contributed by atoms with E-state index in [2.05, 4.69) is 9.97 Å². The molecule has 3 N–H and O–H groups in total. The summed E-state index contributed by atoms with van der Waals surface area (Å²) in [6.45, 7) is 0.495. The number of halogens is 1. The lowest BCUT2D eigenvalue weighted by Crippen LogP contribution is -1.95. The van der Waals surface area contributed by atoms with E-state index in [9.17, 15) is 0 Å². The first-order chi connectivity index (χ1) is 9.26. The van der Waals surface area contributed by atoms with Crippen LogP contribution in [0.1, 0.15) is 5.56 Å². The van der Waals surface area contributed by atoms with Gasteiger partial charge in [-0.3, -0.25) is 0 Å². The van der Waals surface area contributed by atoms with Crippen molar-refractivity contribution < 1.29 is 0 Å². The van der Waals surface area contributed by atoms with Crippen molar-refractivity contribution in [3.63, 3.8) is 0 Å². The molecule has 1 aromatic heterocycles. The van der Waals surface area contributed by atoms with Gasteiger partial charge >= 0.3 is 0 Å². The molecule has 5 heteroatoms. The number of hydrogen-bond acceptors (Lipinski definition) is 3. The van der Waals surface area contributed by atoms with Gasteiger partial charge in [0.2, 0.25) is 0 Å². The van der Waals surface area contributed by atoms with Gasteiger partial charge < -0.3 is 10.7 Å². The molecule has 19 heavy (non-hydrogen) atoms. The summed E-state index contributed by atoms with van der Waals surface area (Å²) in [5.41, 5.74) is 8.60. The third-order valence-electron chi connectivity index (χ3n) is 2.81. The molecule has 3 aromatic rings. The van der Waals surface area contributed by atoms with Gasteiger partial charge in [-0.2, -0.15) is 0 Å². The third-order valence-corrected chi connectivity index (χ3v) is 4.19. The standard InChI is InChI=1S/C14H12ClN3S/c15-10-7-9(8-16)5-6-13(10)19-14-17-11-3-1-2-4-12(11)18-14/h1-7H,8,16H2,(H,17,18). The van der Waals surface area contributed by atoms with Gasteiger partial charge in [-0.1, -0.05) is 41.6 Å². The Morgan fingerprint density at radius 2 is 2.05 bits per heavy atom. The van der Waals surface area contributed by atoms with Crippen LogP contribution in [0.3, 0.4) is 0 Å². The van der Waals surface area contributed by atoms with Crippen molar-refractivity contribution in [3.8, 4) is 0 Å². The molecule has 3 rings (SSSR count). The van der Waals surface area contributed by atoms with Crippen molar-refractivity contribution in [1.82, 2.24) is 9.97 Å². The highest BCUT2D eigenvalue weighted by Crippen LogP contribution is 2.33. The minimum Gasteiger partial charge on any atom is -0.333 e. The summed E-state index contributed by atoms with van der Waals surface area (Å²) in [5.74, 6) is 0. The summed E-state index contributed by atoms with van der Waals surface area (Å²) >= 11 is 7.76. The van der Waals surface area contributed by atoms with Gasteiger partial charge in [0.25, 0.3) is 0 Å². The van der Waals surface area contributed by atoms with E-state index in [1.54, 1.807) is 0 Å². The van der Waals surface area contributed by atoms with Crippen LogP contribution in [0, 0.1) is 0 Å². The summed E-state index contributed by atoms with van der Waals surface area (Å²) in [7, 11) is 0. The zero-order chi connectivity index (χ0) is 13.2. The first-order valence-electron chi connectivity index (χ1n) is 5.87. The van der Waals surface area contributed by atoms with Crippen molar-refractivity contribution in [2.45, 2.75) is 16.6 Å². The van der Waals surface area contributed by atoms with Crippen molar-refractivity contribution >= 4 is 34.4 Å². The average Bonchev–Trinajstić information content (AvgIpc) is 2.83. The van der Waals surface area contributed by atoms with Gasteiger partial charge in [-0.15, -0.1) is 0 Å². The number of nitrogens with two attached hydrogens (primary N) is 1. The zero-order valence-electron chi connectivity index (χ0n) is 10.1. The lowest BCUT2D eigenvalue weighted by atomic mass is 10.2. The Morgan fingerprint density at radius 1 is 1.21 bits per heavy atom. The van der Waals surface area contributed by atoms with Crippen LogP contribution in [0.25, 0.3) is 11.0 Å². The molecule has 0 saturated carbocycles. The predicted octanol–water partition coefficient (Wildman–Crippen LogP) is 3.83. The van der Waals surface area contributed by atoms with Crippen LogP contribution in [0.2, 0.25) is 5.02 Å². The highest BCUT2D eigenvalue weighted by molar-refractivity contribution is 7.99. The van der Waals surface area contributed by atoms with Crippen molar-refractivity contribution in [1.29, 1.82) is 0 Å². The van der Waals surface area contributed by atoms with Crippen LogP contribution >= 0.6 is 23.4 Å². The quantitative estimate of drug-likeness (QED) is 0.770. The number of benzene rings is 2. The average molecular weight is 290 g/mol. The Morgan fingerprint density at radius 3 is 2.79 bits per heavy atom. The van der Waals surface area contributed by atoms with Crippen LogP contribution in [-0.2, 0) is 6.54 Å². The summed E-state index contributed by atoms with van der Waals surface area (Å²) in [5, 5.41) is 1.54. The molecule has 0 amide bonds. The van der Waals surface area contributed by atoms with E-state index in [0.717, 1.165) is 26.6 Å². The molecule has 0 fully saturated rings. The molecule has 0 unspecified atom stereocenters. The fourth-order valence-corrected chi connectivity index (χ4v) is 2.96. The lowest BCUT2D eigenvalue weighted by molar-refractivity contribution is 1.06. The number of fused-ring (bicyclic) bond motifs is 1. The van der Waals surface area contributed by atoms with Gasteiger partial charge in [0, 0.05) is 11.4 Å². The van der Waals surface area contributed by atoms with E-state index in [1.165, 1.54) is 11.8 Å². The fraction of sp³-hybridized carbons (Fsp3) is 0.0714. The highest BCUT2D eigenvalue weighted by Gasteiger charge is 2.07. The van der Waals surface area contributed by atoms with Crippen molar-refractivity contribution in [3.05, 3.63) is 53.1 Å².